The summed E-state index contributed by atoms with van der Waals surface area (Å²) in [4.78, 5) is 24.2. The third-order valence-corrected chi connectivity index (χ3v) is 5.22. The molecule has 2 amide bonds. The van der Waals surface area contributed by atoms with Crippen LogP contribution in [0.3, 0.4) is 0 Å². The molecule has 0 atom stereocenters. The van der Waals surface area contributed by atoms with E-state index in [0.29, 0.717) is 24.2 Å². The molecule has 168 valence electrons. The van der Waals surface area contributed by atoms with Crippen molar-refractivity contribution in [3.8, 4) is 0 Å². The summed E-state index contributed by atoms with van der Waals surface area (Å²) in [6.07, 6.45) is 14.3. The molecule has 3 N–H and O–H groups in total. The molecule has 0 bridgehead atoms. The lowest BCUT2D eigenvalue weighted by molar-refractivity contribution is -0.119. The van der Waals surface area contributed by atoms with E-state index in [1.807, 2.05) is 13.0 Å². The summed E-state index contributed by atoms with van der Waals surface area (Å²) in [5.74, 6) is -0.255. The smallest absolute Gasteiger partial charge is 0.253 e. The topological polar surface area (TPSA) is 70.2 Å². The van der Waals surface area contributed by atoms with Crippen LogP contribution in [-0.2, 0) is 4.79 Å². The van der Waals surface area contributed by atoms with Gasteiger partial charge in [0.2, 0.25) is 5.91 Å². The summed E-state index contributed by atoms with van der Waals surface area (Å²) in [6.45, 7) is 4.67. The van der Waals surface area contributed by atoms with Gasteiger partial charge in [0.15, 0.2) is 5.11 Å². The van der Waals surface area contributed by atoms with E-state index in [0.717, 1.165) is 12.8 Å². The number of anilines is 1. The first kappa shape index (κ1) is 26.1. The average molecular weight is 434 g/mol. The van der Waals surface area contributed by atoms with Gasteiger partial charge < -0.3 is 16.0 Å². The molecule has 0 saturated carbocycles. The van der Waals surface area contributed by atoms with Gasteiger partial charge in [0.25, 0.3) is 5.91 Å². The fourth-order valence-electron chi connectivity index (χ4n) is 3.34. The molecule has 0 unspecified atom stereocenters. The van der Waals surface area contributed by atoms with Gasteiger partial charge >= 0.3 is 0 Å². The van der Waals surface area contributed by atoms with E-state index >= 15 is 0 Å². The molecule has 1 aromatic rings. The first-order valence-corrected chi connectivity index (χ1v) is 12.0. The second-order valence-electron chi connectivity index (χ2n) is 7.69. The highest BCUT2D eigenvalue weighted by Gasteiger charge is 2.12. The van der Waals surface area contributed by atoms with Gasteiger partial charge in [-0.3, -0.25) is 9.59 Å². The van der Waals surface area contributed by atoms with Crippen LogP contribution in [0.15, 0.2) is 24.3 Å². The van der Waals surface area contributed by atoms with Crippen LogP contribution in [0.5, 0.6) is 0 Å². The lowest BCUT2D eigenvalue weighted by Crippen LogP contribution is -2.34. The van der Waals surface area contributed by atoms with Crippen LogP contribution in [0.25, 0.3) is 0 Å². The van der Waals surface area contributed by atoms with E-state index in [1.54, 1.807) is 18.2 Å². The number of hydrogen-bond donors (Lipinski definition) is 3. The maximum Gasteiger partial charge on any atom is 0.253 e. The van der Waals surface area contributed by atoms with E-state index in [9.17, 15) is 9.59 Å². The Hall–Kier alpha value is -1.95. The molecule has 30 heavy (non-hydrogen) atoms. The van der Waals surface area contributed by atoms with Gasteiger partial charge in [-0.25, -0.2) is 0 Å². The molecule has 1 aromatic carbocycles. The Bertz CT molecular complexity index is 649. The number of thiocarbonyl (C=S) groups is 1. The molecule has 0 saturated heterocycles. The molecule has 0 aromatic heterocycles. The van der Waals surface area contributed by atoms with Crippen LogP contribution < -0.4 is 16.0 Å². The van der Waals surface area contributed by atoms with Crippen LogP contribution in [0.2, 0.25) is 0 Å². The van der Waals surface area contributed by atoms with Crippen molar-refractivity contribution in [2.75, 3.05) is 11.9 Å². The molecular formula is C24H39N3O2S. The maximum absolute atomic E-state index is 12.1. The Labute approximate surface area is 187 Å². The van der Waals surface area contributed by atoms with Gasteiger partial charge in [-0.1, -0.05) is 83.3 Å². The second-order valence-corrected chi connectivity index (χ2v) is 8.10. The molecule has 0 spiro atoms. The largest absolute Gasteiger partial charge is 0.352 e. The number of carbonyl (C=O) groups is 2. The molecular weight excluding hydrogens is 394 g/mol. The summed E-state index contributed by atoms with van der Waals surface area (Å²) < 4.78 is 0. The zero-order chi connectivity index (χ0) is 22.0. The van der Waals surface area contributed by atoms with Crippen molar-refractivity contribution in [1.29, 1.82) is 0 Å². The number of nitrogens with one attached hydrogen (secondary N) is 3. The second kappa shape index (κ2) is 16.8. The van der Waals surface area contributed by atoms with E-state index in [-0.39, 0.29) is 16.9 Å². The summed E-state index contributed by atoms with van der Waals surface area (Å²) in [7, 11) is 0. The van der Waals surface area contributed by atoms with E-state index in [2.05, 4.69) is 22.9 Å². The highest BCUT2D eigenvalue weighted by molar-refractivity contribution is 7.80. The minimum atomic E-state index is -0.171. The number of hydrogen-bond acceptors (Lipinski definition) is 3. The molecule has 0 aliphatic carbocycles. The van der Waals surface area contributed by atoms with Crippen LogP contribution >= 0.6 is 12.2 Å². The van der Waals surface area contributed by atoms with E-state index < -0.39 is 0 Å². The van der Waals surface area contributed by atoms with Gasteiger partial charge in [-0.15, -0.1) is 0 Å². The predicted molar refractivity (Wildman–Crippen MR) is 130 cm³/mol. The first-order valence-electron chi connectivity index (χ1n) is 11.6. The number of unbranched alkanes of at least 4 members (excludes halogenated alkanes) is 10. The van der Waals surface area contributed by atoms with Gasteiger partial charge in [-0.2, -0.15) is 0 Å². The monoisotopic (exact) mass is 433 g/mol. The minimum Gasteiger partial charge on any atom is -0.352 e. The Morgan fingerprint density at radius 1 is 0.833 bits per heavy atom. The number of para-hydroxylation sites is 1. The molecule has 6 heteroatoms. The summed E-state index contributed by atoms with van der Waals surface area (Å²) in [6, 6.07) is 7.11. The lowest BCUT2D eigenvalue weighted by atomic mass is 10.1. The zero-order valence-corrected chi connectivity index (χ0v) is 19.5. The van der Waals surface area contributed by atoms with Crippen LogP contribution in [-0.4, -0.2) is 23.5 Å². The average Bonchev–Trinajstić information content (AvgIpc) is 2.72. The molecule has 5 nitrogen and oxygen atoms in total. The Morgan fingerprint density at radius 2 is 1.40 bits per heavy atom. The van der Waals surface area contributed by atoms with Gasteiger partial charge in [-0.05, 0) is 37.7 Å². The van der Waals surface area contributed by atoms with Crippen LogP contribution in [0.4, 0.5) is 5.69 Å². The predicted octanol–water partition coefficient (Wildman–Crippen LogP) is 5.95. The number of carbonyl (C=O) groups excluding carboxylic acids is 2. The van der Waals surface area contributed by atoms with Crippen LogP contribution in [0, 0.1) is 0 Å². The number of rotatable bonds is 15. The third-order valence-electron chi connectivity index (χ3n) is 5.02. The quantitative estimate of drug-likeness (QED) is 0.236. The van der Waals surface area contributed by atoms with Crippen molar-refractivity contribution in [1.82, 2.24) is 10.6 Å². The molecule has 0 fully saturated rings. The Balaban J connectivity index is 2.17. The number of amides is 2. The molecule has 1 rings (SSSR count). The van der Waals surface area contributed by atoms with Gasteiger partial charge in [0.05, 0.1) is 11.3 Å². The SMILES string of the molecule is CCCCCCCCCCCCCC(=O)NC(=S)Nc1ccccc1C(=O)NCC. The molecule has 0 radical (unpaired) electrons. The Kier molecular flexibility index (Phi) is 14.6. The fraction of sp³-hybridized carbons (Fsp3) is 0.625. The number of benzene rings is 1. The van der Waals surface area contributed by atoms with Gasteiger partial charge in [0.1, 0.15) is 0 Å². The first-order chi connectivity index (χ1) is 14.6. The van der Waals surface area contributed by atoms with Crippen LogP contribution in [0.1, 0.15) is 101 Å². The maximum atomic E-state index is 12.1. The lowest BCUT2D eigenvalue weighted by Gasteiger charge is -2.13. The zero-order valence-electron chi connectivity index (χ0n) is 18.7. The third kappa shape index (κ3) is 11.9. The fourth-order valence-corrected chi connectivity index (χ4v) is 3.56. The standard InChI is InChI=1S/C24H39N3O2S/c1-3-5-6-7-8-9-10-11-12-13-14-19-22(28)27-24(30)26-21-18-16-15-17-20(21)23(29)25-4-2/h15-18H,3-14,19H2,1-2H3,(H,25,29)(H2,26,27,28,30). The minimum absolute atomic E-state index is 0.0843. The molecule has 0 aliphatic rings. The van der Waals surface area contributed by atoms with Crippen molar-refractivity contribution in [3.05, 3.63) is 29.8 Å². The normalized spacial score (nSPS) is 10.5. The van der Waals surface area contributed by atoms with E-state index in [1.165, 1.54) is 57.8 Å². The summed E-state index contributed by atoms with van der Waals surface area (Å²) >= 11 is 5.24. The van der Waals surface area contributed by atoms with Gasteiger partial charge in [0, 0.05) is 13.0 Å². The van der Waals surface area contributed by atoms with Crippen molar-refractivity contribution < 1.29 is 9.59 Å². The van der Waals surface area contributed by atoms with Crippen molar-refractivity contribution in [2.24, 2.45) is 0 Å². The Morgan fingerprint density at radius 3 is 2.00 bits per heavy atom. The molecule has 0 aliphatic heterocycles. The summed E-state index contributed by atoms with van der Waals surface area (Å²) in [5, 5.41) is 8.67. The molecule has 0 heterocycles. The summed E-state index contributed by atoms with van der Waals surface area (Å²) in [5.41, 5.74) is 1.09. The highest BCUT2D eigenvalue weighted by Crippen LogP contribution is 2.15. The highest BCUT2D eigenvalue weighted by atomic mass is 32.1. The van der Waals surface area contributed by atoms with Crippen molar-refractivity contribution >= 4 is 34.8 Å². The van der Waals surface area contributed by atoms with Crippen molar-refractivity contribution in [3.63, 3.8) is 0 Å². The van der Waals surface area contributed by atoms with E-state index in [4.69, 9.17) is 12.2 Å². The van der Waals surface area contributed by atoms with Crippen molar-refractivity contribution in [2.45, 2.75) is 90.9 Å².